The van der Waals surface area contributed by atoms with Crippen LogP contribution < -0.4 is 4.16 Å². The van der Waals surface area contributed by atoms with E-state index >= 15 is 0 Å². The topological polar surface area (TPSA) is 37.3 Å². The molecule has 0 aromatic heterocycles. The van der Waals surface area contributed by atoms with Gasteiger partial charge in [0.15, 0.2) is 0 Å². The fraction of sp³-hybridized carbons (Fsp3) is 0. The van der Waals surface area contributed by atoms with E-state index < -0.39 is 5.97 Å². The van der Waals surface area contributed by atoms with Gasteiger partial charge in [-0.15, -0.1) is 0 Å². The van der Waals surface area contributed by atoms with Crippen LogP contribution in [0.25, 0.3) is 0 Å². The first-order valence-electron chi connectivity index (χ1n) is 2.85. The van der Waals surface area contributed by atoms with E-state index in [0.717, 1.165) is 18.3 Å². The summed E-state index contributed by atoms with van der Waals surface area (Å²) in [6.45, 7) is 0. The predicted octanol–water partition coefficient (Wildman–Crippen LogP) is 0.557. The molecule has 3 heteroatoms. The summed E-state index contributed by atoms with van der Waals surface area (Å²) in [6, 6.07) is 6.93. The summed E-state index contributed by atoms with van der Waals surface area (Å²) >= 11 is 1.07. The standard InChI is InChI=1S/C7H5O2.Zn/c8-7(9)6-4-2-1-3-5-6;/h2-5H,(H,8,9);. The van der Waals surface area contributed by atoms with Crippen LogP contribution in [0.3, 0.4) is 0 Å². The fourth-order valence-corrected chi connectivity index (χ4v) is 1.14. The quantitative estimate of drug-likeness (QED) is 0.651. The van der Waals surface area contributed by atoms with Crippen molar-refractivity contribution in [2.24, 2.45) is 0 Å². The van der Waals surface area contributed by atoms with Crippen LogP contribution in [0.5, 0.6) is 0 Å². The Bertz CT molecular complexity index is 240. The molecule has 1 aromatic carbocycles. The Hall–Kier alpha value is -0.687. The van der Waals surface area contributed by atoms with Gasteiger partial charge in [0.1, 0.15) is 0 Å². The molecule has 0 saturated carbocycles. The molecule has 0 amide bonds. The molecule has 0 spiro atoms. The predicted molar refractivity (Wildman–Crippen MR) is 33.0 cm³/mol. The first kappa shape index (κ1) is 7.42. The molecular weight excluding hydrogens is 181 g/mol. The second kappa shape index (κ2) is 2.93. The number of benzene rings is 1. The molecule has 0 bridgehead atoms. The zero-order valence-electron chi connectivity index (χ0n) is 5.37. The summed E-state index contributed by atoms with van der Waals surface area (Å²) in [7, 11) is 0. The Balaban J connectivity index is 3.00. The molecule has 1 rings (SSSR count). The van der Waals surface area contributed by atoms with Crippen molar-refractivity contribution in [3.05, 3.63) is 29.8 Å². The molecule has 0 unspecified atom stereocenters. The summed E-state index contributed by atoms with van der Waals surface area (Å²) in [5, 5.41) is 8.49. The van der Waals surface area contributed by atoms with Crippen molar-refractivity contribution < 1.29 is 28.2 Å². The summed E-state index contributed by atoms with van der Waals surface area (Å²) in [4.78, 5) is 10.3. The average molecular weight is 187 g/mol. The van der Waals surface area contributed by atoms with E-state index in [2.05, 4.69) is 0 Å². The summed E-state index contributed by atoms with van der Waals surface area (Å²) in [5.41, 5.74) is 0.359. The van der Waals surface area contributed by atoms with Crippen LogP contribution in [0.15, 0.2) is 24.3 Å². The van der Waals surface area contributed by atoms with E-state index in [-0.39, 0.29) is 0 Å². The number of aromatic carboxylic acids is 1. The van der Waals surface area contributed by atoms with Gasteiger partial charge in [0, 0.05) is 0 Å². The first-order chi connectivity index (χ1) is 4.70. The van der Waals surface area contributed by atoms with E-state index in [0.29, 0.717) is 5.56 Å². The van der Waals surface area contributed by atoms with Crippen LogP contribution in [-0.4, -0.2) is 11.1 Å². The van der Waals surface area contributed by atoms with E-state index in [1.54, 1.807) is 12.1 Å². The van der Waals surface area contributed by atoms with Gasteiger partial charge in [-0.3, -0.25) is 0 Å². The second-order valence-electron chi connectivity index (χ2n) is 2.00. The van der Waals surface area contributed by atoms with E-state index in [9.17, 15) is 4.79 Å². The molecule has 10 heavy (non-hydrogen) atoms. The van der Waals surface area contributed by atoms with Crippen LogP contribution in [0.4, 0.5) is 0 Å². The molecule has 0 saturated heterocycles. The Labute approximate surface area is 68.6 Å². The van der Waals surface area contributed by atoms with Crippen molar-refractivity contribution in [2.75, 3.05) is 0 Å². The van der Waals surface area contributed by atoms with Crippen LogP contribution >= 0.6 is 0 Å². The third kappa shape index (κ3) is 1.64. The molecule has 47 valence electrons. The molecule has 0 aliphatic heterocycles. The van der Waals surface area contributed by atoms with Crippen molar-refractivity contribution in [2.45, 2.75) is 0 Å². The molecular formula is C7H5O2Zn. The van der Waals surface area contributed by atoms with Gasteiger partial charge < -0.3 is 0 Å². The number of carboxylic acids is 1. The zero-order valence-corrected chi connectivity index (χ0v) is 8.34. The number of carboxylic acid groups (broad SMARTS) is 1. The van der Waals surface area contributed by atoms with Gasteiger partial charge >= 0.3 is 68.2 Å². The maximum absolute atomic E-state index is 10.3. The number of hydrogen-bond acceptors (Lipinski definition) is 1. The SMILES string of the molecule is O=C(O)c1cc[c]([Zn])cc1. The maximum atomic E-state index is 10.3. The van der Waals surface area contributed by atoms with Gasteiger partial charge in [-0.05, 0) is 0 Å². The second-order valence-corrected chi connectivity index (χ2v) is 3.72. The molecule has 0 radical (unpaired) electrons. The third-order valence-electron chi connectivity index (χ3n) is 1.20. The van der Waals surface area contributed by atoms with Crippen LogP contribution in [0.2, 0.25) is 0 Å². The van der Waals surface area contributed by atoms with Gasteiger partial charge in [-0.25, -0.2) is 0 Å². The first-order valence-corrected chi connectivity index (χ1v) is 4.34. The Kier molecular flexibility index (Phi) is 2.18. The normalized spacial score (nSPS) is 9.40. The van der Waals surface area contributed by atoms with Crippen molar-refractivity contribution >= 4 is 10.1 Å². The molecule has 0 aliphatic rings. The van der Waals surface area contributed by atoms with Crippen molar-refractivity contribution in [3.8, 4) is 0 Å². The minimum absolute atomic E-state index is 0.359. The van der Waals surface area contributed by atoms with Crippen LogP contribution in [-0.2, 0) is 18.3 Å². The van der Waals surface area contributed by atoms with E-state index in [4.69, 9.17) is 5.11 Å². The zero-order chi connectivity index (χ0) is 7.56. The summed E-state index contributed by atoms with van der Waals surface area (Å²) in [6.07, 6.45) is 0. The summed E-state index contributed by atoms with van der Waals surface area (Å²) in [5.74, 6) is -0.861. The van der Waals surface area contributed by atoms with Crippen molar-refractivity contribution in [1.82, 2.24) is 0 Å². The monoisotopic (exact) mass is 185 g/mol. The third-order valence-corrected chi connectivity index (χ3v) is 2.19. The molecule has 1 N–H and O–H groups in total. The molecule has 2 nitrogen and oxygen atoms in total. The Morgan fingerprint density at radius 3 is 2.20 bits per heavy atom. The molecule has 0 aliphatic carbocycles. The van der Waals surface area contributed by atoms with Gasteiger partial charge in [-0.1, -0.05) is 0 Å². The molecule has 0 fully saturated rings. The molecule has 0 atom stereocenters. The van der Waals surface area contributed by atoms with Gasteiger partial charge in [0.2, 0.25) is 0 Å². The number of carbonyl (C=O) groups is 1. The molecule has 0 heterocycles. The summed E-state index contributed by atoms with van der Waals surface area (Å²) < 4.78 is 1.20. The number of hydrogen-bond donors (Lipinski definition) is 1. The van der Waals surface area contributed by atoms with E-state index in [1.165, 1.54) is 4.16 Å². The van der Waals surface area contributed by atoms with Gasteiger partial charge in [0.25, 0.3) is 0 Å². The fourth-order valence-electron chi connectivity index (χ4n) is 0.647. The van der Waals surface area contributed by atoms with Crippen molar-refractivity contribution in [3.63, 3.8) is 0 Å². The van der Waals surface area contributed by atoms with Crippen molar-refractivity contribution in [1.29, 1.82) is 0 Å². The Morgan fingerprint density at radius 1 is 1.30 bits per heavy atom. The van der Waals surface area contributed by atoms with Gasteiger partial charge in [0.05, 0.1) is 0 Å². The number of rotatable bonds is 1. The van der Waals surface area contributed by atoms with Crippen LogP contribution in [0.1, 0.15) is 10.4 Å². The van der Waals surface area contributed by atoms with Crippen LogP contribution in [0, 0.1) is 0 Å². The van der Waals surface area contributed by atoms with E-state index in [1.807, 2.05) is 12.1 Å². The average Bonchev–Trinajstić information content (AvgIpc) is 1.88. The molecule has 1 aromatic rings. The minimum atomic E-state index is -0.861. The Morgan fingerprint density at radius 2 is 1.80 bits per heavy atom. The van der Waals surface area contributed by atoms with Gasteiger partial charge in [-0.2, -0.15) is 0 Å².